The maximum atomic E-state index is 4.02. The fourth-order valence-corrected chi connectivity index (χ4v) is 0.649. The van der Waals surface area contributed by atoms with Crippen molar-refractivity contribution >= 4 is 12.0 Å². The molecule has 0 saturated carbocycles. The fraction of sp³-hybridized carbons (Fsp3) is 0.286. The number of nitrogens with zero attached hydrogens (tertiary/aromatic N) is 3. The SMILES string of the molecule is CC=Nc1nccnc1C. The van der Waals surface area contributed by atoms with Crippen molar-refractivity contribution in [2.45, 2.75) is 13.8 Å². The lowest BCUT2D eigenvalue weighted by Crippen LogP contribution is -1.83. The van der Waals surface area contributed by atoms with Crippen LogP contribution >= 0.6 is 0 Å². The van der Waals surface area contributed by atoms with Crippen LogP contribution in [0.25, 0.3) is 0 Å². The highest BCUT2D eigenvalue weighted by molar-refractivity contribution is 5.59. The van der Waals surface area contributed by atoms with Gasteiger partial charge in [0.05, 0.1) is 5.69 Å². The Morgan fingerprint density at radius 3 is 2.70 bits per heavy atom. The molecule has 0 spiro atoms. The minimum atomic E-state index is 0.699. The number of aromatic nitrogens is 2. The third kappa shape index (κ3) is 1.37. The maximum Gasteiger partial charge on any atom is 0.173 e. The van der Waals surface area contributed by atoms with Crippen LogP contribution < -0.4 is 0 Å². The monoisotopic (exact) mass is 135 g/mol. The Labute approximate surface area is 59.9 Å². The lowest BCUT2D eigenvalue weighted by atomic mass is 10.4. The topological polar surface area (TPSA) is 38.1 Å². The van der Waals surface area contributed by atoms with E-state index in [1.165, 1.54) is 0 Å². The molecule has 3 nitrogen and oxygen atoms in total. The number of aliphatic imine (C=N–C) groups is 1. The number of hydrogen-bond acceptors (Lipinski definition) is 3. The smallest absolute Gasteiger partial charge is 0.173 e. The van der Waals surface area contributed by atoms with Gasteiger partial charge in [-0.3, -0.25) is 4.98 Å². The van der Waals surface area contributed by atoms with Gasteiger partial charge in [-0.15, -0.1) is 0 Å². The van der Waals surface area contributed by atoms with Gasteiger partial charge in [0.2, 0.25) is 0 Å². The van der Waals surface area contributed by atoms with Gasteiger partial charge in [-0.05, 0) is 13.8 Å². The Morgan fingerprint density at radius 2 is 2.10 bits per heavy atom. The molecule has 1 rings (SSSR count). The quantitative estimate of drug-likeness (QED) is 0.547. The third-order valence-corrected chi connectivity index (χ3v) is 1.11. The normalized spacial score (nSPS) is 10.6. The van der Waals surface area contributed by atoms with Crippen LogP contribution in [0.1, 0.15) is 12.6 Å². The van der Waals surface area contributed by atoms with Crippen LogP contribution in [0.5, 0.6) is 0 Å². The summed E-state index contributed by atoms with van der Waals surface area (Å²) < 4.78 is 0. The Balaban J connectivity index is 3.03. The Kier molecular flexibility index (Phi) is 2.10. The number of aryl methyl sites for hydroxylation is 1. The first-order valence-electron chi connectivity index (χ1n) is 3.11. The highest BCUT2D eigenvalue weighted by Crippen LogP contribution is 2.08. The minimum absolute atomic E-state index is 0.699. The molecule has 1 heterocycles. The second-order valence-corrected chi connectivity index (χ2v) is 1.85. The summed E-state index contributed by atoms with van der Waals surface area (Å²) >= 11 is 0. The van der Waals surface area contributed by atoms with E-state index in [2.05, 4.69) is 15.0 Å². The number of rotatable bonds is 1. The van der Waals surface area contributed by atoms with Crippen molar-refractivity contribution in [1.82, 2.24) is 9.97 Å². The molecule has 0 unspecified atom stereocenters. The van der Waals surface area contributed by atoms with Crippen molar-refractivity contribution in [3.63, 3.8) is 0 Å². The standard InChI is InChI=1S/C7H9N3/c1-3-8-7-6(2)9-4-5-10-7/h3-5H,1-2H3. The summed E-state index contributed by atoms with van der Waals surface area (Å²) in [6, 6.07) is 0. The molecule has 0 aliphatic heterocycles. The highest BCUT2D eigenvalue weighted by Gasteiger charge is 1.92. The van der Waals surface area contributed by atoms with E-state index in [1.54, 1.807) is 18.6 Å². The zero-order valence-corrected chi connectivity index (χ0v) is 6.07. The zero-order valence-electron chi connectivity index (χ0n) is 6.07. The summed E-state index contributed by atoms with van der Waals surface area (Å²) in [6.07, 6.45) is 5.00. The first kappa shape index (κ1) is 6.86. The van der Waals surface area contributed by atoms with E-state index in [4.69, 9.17) is 0 Å². The van der Waals surface area contributed by atoms with E-state index < -0.39 is 0 Å². The highest BCUT2D eigenvalue weighted by atomic mass is 14.9. The van der Waals surface area contributed by atoms with E-state index >= 15 is 0 Å². The molecule has 0 aromatic carbocycles. The first-order chi connectivity index (χ1) is 4.84. The molecular formula is C7H9N3. The van der Waals surface area contributed by atoms with Crippen LogP contribution in [0.15, 0.2) is 17.4 Å². The van der Waals surface area contributed by atoms with Crippen molar-refractivity contribution in [1.29, 1.82) is 0 Å². The van der Waals surface area contributed by atoms with Gasteiger partial charge >= 0.3 is 0 Å². The molecule has 0 fully saturated rings. The molecule has 52 valence electrons. The second-order valence-electron chi connectivity index (χ2n) is 1.85. The van der Waals surface area contributed by atoms with Crippen molar-refractivity contribution in [3.05, 3.63) is 18.1 Å². The maximum absolute atomic E-state index is 4.02. The van der Waals surface area contributed by atoms with Crippen LogP contribution in [0.3, 0.4) is 0 Å². The molecule has 0 aliphatic carbocycles. The Bertz CT molecular complexity index is 242. The van der Waals surface area contributed by atoms with Crippen LogP contribution in [-0.4, -0.2) is 16.2 Å². The van der Waals surface area contributed by atoms with Gasteiger partial charge < -0.3 is 0 Å². The molecule has 0 amide bonds. The largest absolute Gasteiger partial charge is 0.256 e. The van der Waals surface area contributed by atoms with Gasteiger partial charge in [-0.25, -0.2) is 9.98 Å². The molecule has 0 radical (unpaired) electrons. The molecule has 10 heavy (non-hydrogen) atoms. The van der Waals surface area contributed by atoms with Crippen LogP contribution in [0, 0.1) is 6.92 Å². The predicted molar refractivity (Wildman–Crippen MR) is 40.6 cm³/mol. The molecular weight excluding hydrogens is 126 g/mol. The van der Waals surface area contributed by atoms with Crippen molar-refractivity contribution in [3.8, 4) is 0 Å². The average Bonchev–Trinajstić information content (AvgIpc) is 1.94. The summed E-state index contributed by atoms with van der Waals surface area (Å²) in [5.41, 5.74) is 0.862. The summed E-state index contributed by atoms with van der Waals surface area (Å²) in [7, 11) is 0. The Morgan fingerprint density at radius 1 is 1.40 bits per heavy atom. The van der Waals surface area contributed by atoms with E-state index in [-0.39, 0.29) is 0 Å². The van der Waals surface area contributed by atoms with E-state index in [0.29, 0.717) is 5.82 Å². The van der Waals surface area contributed by atoms with Gasteiger partial charge in [0, 0.05) is 18.6 Å². The third-order valence-electron chi connectivity index (χ3n) is 1.11. The van der Waals surface area contributed by atoms with E-state index in [9.17, 15) is 0 Å². The summed E-state index contributed by atoms with van der Waals surface area (Å²) in [4.78, 5) is 12.0. The first-order valence-corrected chi connectivity index (χ1v) is 3.11. The van der Waals surface area contributed by atoms with Gasteiger partial charge in [-0.1, -0.05) is 0 Å². The number of hydrogen-bond donors (Lipinski definition) is 0. The van der Waals surface area contributed by atoms with Crippen LogP contribution in [0.4, 0.5) is 5.82 Å². The summed E-state index contributed by atoms with van der Waals surface area (Å²) in [5, 5.41) is 0. The van der Waals surface area contributed by atoms with Crippen molar-refractivity contribution < 1.29 is 0 Å². The van der Waals surface area contributed by atoms with Gasteiger partial charge in [0.1, 0.15) is 0 Å². The lowest BCUT2D eigenvalue weighted by molar-refractivity contribution is 1.10. The summed E-state index contributed by atoms with van der Waals surface area (Å²) in [6.45, 7) is 3.74. The molecule has 0 aliphatic rings. The zero-order chi connectivity index (χ0) is 7.40. The molecule has 1 aromatic rings. The van der Waals surface area contributed by atoms with Crippen molar-refractivity contribution in [2.75, 3.05) is 0 Å². The summed E-state index contributed by atoms with van der Waals surface area (Å²) in [5.74, 6) is 0.699. The van der Waals surface area contributed by atoms with Gasteiger partial charge in [0.15, 0.2) is 5.82 Å². The molecule has 3 heteroatoms. The van der Waals surface area contributed by atoms with Gasteiger partial charge in [-0.2, -0.15) is 0 Å². The second kappa shape index (κ2) is 3.06. The lowest BCUT2D eigenvalue weighted by Gasteiger charge is -1.93. The van der Waals surface area contributed by atoms with Crippen LogP contribution in [0.2, 0.25) is 0 Å². The van der Waals surface area contributed by atoms with Crippen LogP contribution in [-0.2, 0) is 0 Å². The molecule has 1 aromatic heterocycles. The molecule has 0 bridgehead atoms. The fourth-order valence-electron chi connectivity index (χ4n) is 0.649. The van der Waals surface area contributed by atoms with E-state index in [1.807, 2.05) is 13.8 Å². The minimum Gasteiger partial charge on any atom is -0.256 e. The molecule has 0 atom stereocenters. The van der Waals surface area contributed by atoms with Crippen molar-refractivity contribution in [2.24, 2.45) is 4.99 Å². The average molecular weight is 135 g/mol. The molecule has 0 N–H and O–H groups in total. The predicted octanol–water partition coefficient (Wildman–Crippen LogP) is 1.51. The Hall–Kier alpha value is -1.25. The van der Waals surface area contributed by atoms with Gasteiger partial charge in [0.25, 0.3) is 0 Å². The van der Waals surface area contributed by atoms with E-state index in [0.717, 1.165) is 5.69 Å². The molecule has 0 saturated heterocycles.